The van der Waals surface area contributed by atoms with Crippen LogP contribution in [0.2, 0.25) is 0 Å². The van der Waals surface area contributed by atoms with Crippen LogP contribution in [0.4, 0.5) is 37.7 Å². The molecule has 2 rings (SSSR count). The van der Waals surface area contributed by atoms with Gasteiger partial charge in [-0.15, -0.1) is 0 Å². The number of hydrogen-bond donors (Lipinski definition) is 2. The smallest absolute Gasteiger partial charge is 0.399 e. The van der Waals surface area contributed by atoms with Crippen LogP contribution in [0.5, 0.6) is 0 Å². The lowest BCUT2D eigenvalue weighted by Crippen LogP contribution is -2.52. The van der Waals surface area contributed by atoms with Crippen LogP contribution in [-0.4, -0.2) is 12.4 Å². The predicted molar refractivity (Wildman–Crippen MR) is 93.3 cm³/mol. The summed E-state index contributed by atoms with van der Waals surface area (Å²) in [6.45, 7) is 3.51. The average Bonchev–Trinajstić information content (AvgIpc) is 2.52. The summed E-state index contributed by atoms with van der Waals surface area (Å²) in [6, 6.07) is 10.0. The lowest BCUT2D eigenvalue weighted by Gasteiger charge is -2.36. The predicted octanol–water partition coefficient (Wildman–Crippen LogP) is 5.56. The van der Waals surface area contributed by atoms with Crippen LogP contribution in [0.1, 0.15) is 37.5 Å². The summed E-state index contributed by atoms with van der Waals surface area (Å²) >= 11 is 0. The lowest BCUT2D eigenvalue weighted by molar-refractivity contribution is -0.297. The molecule has 27 heavy (non-hydrogen) atoms. The van der Waals surface area contributed by atoms with E-state index >= 15 is 0 Å². The van der Waals surface area contributed by atoms with E-state index < -0.39 is 34.4 Å². The van der Waals surface area contributed by atoms with Gasteiger partial charge in [0.15, 0.2) is 5.41 Å². The molecule has 0 amide bonds. The van der Waals surface area contributed by atoms with Crippen LogP contribution in [-0.2, 0) is 10.8 Å². The summed E-state index contributed by atoms with van der Waals surface area (Å²) < 4.78 is 80.8. The van der Waals surface area contributed by atoms with Gasteiger partial charge in [0, 0.05) is 16.8 Å². The topological polar surface area (TPSA) is 52.0 Å². The molecule has 0 aliphatic heterocycles. The Balaban J connectivity index is 2.70. The fourth-order valence-corrected chi connectivity index (χ4v) is 2.91. The maximum Gasteiger partial charge on any atom is 0.406 e. The molecule has 0 saturated heterocycles. The van der Waals surface area contributed by atoms with Crippen molar-refractivity contribution < 1.29 is 26.3 Å². The number of nitrogens with two attached hydrogens (primary N) is 2. The normalized spacial score (nSPS) is 13.7. The fourth-order valence-electron chi connectivity index (χ4n) is 2.91. The van der Waals surface area contributed by atoms with Crippen molar-refractivity contribution in [3.05, 3.63) is 59.2 Å². The van der Waals surface area contributed by atoms with Crippen molar-refractivity contribution in [1.29, 1.82) is 0 Å². The number of alkyl halides is 6. The minimum atomic E-state index is -5.57. The molecule has 4 N–H and O–H groups in total. The van der Waals surface area contributed by atoms with Gasteiger partial charge in [-0.2, -0.15) is 26.3 Å². The van der Waals surface area contributed by atoms with E-state index in [1.165, 1.54) is 6.07 Å². The monoisotopic (exact) mass is 390 g/mol. The van der Waals surface area contributed by atoms with Gasteiger partial charge in [0.1, 0.15) is 0 Å². The highest BCUT2D eigenvalue weighted by atomic mass is 19.4. The summed E-state index contributed by atoms with van der Waals surface area (Å²) in [5, 5.41) is 0. The Morgan fingerprint density at radius 3 is 1.56 bits per heavy atom. The van der Waals surface area contributed by atoms with Crippen LogP contribution >= 0.6 is 0 Å². The number of nitrogen functional groups attached to an aromatic ring is 2. The Hall–Kier alpha value is -2.38. The highest BCUT2D eigenvalue weighted by molar-refractivity contribution is 5.56. The first-order valence-corrected chi connectivity index (χ1v) is 8.02. The molecule has 8 heteroatoms. The van der Waals surface area contributed by atoms with E-state index in [1.807, 2.05) is 0 Å². The Labute approximate surface area is 153 Å². The second-order valence-electron chi connectivity index (χ2n) is 7.17. The molecule has 148 valence electrons. The molecule has 0 unspecified atom stereocenters. The van der Waals surface area contributed by atoms with Crippen molar-refractivity contribution in [1.82, 2.24) is 0 Å². The van der Waals surface area contributed by atoms with E-state index in [9.17, 15) is 26.3 Å². The quantitative estimate of drug-likeness (QED) is 0.533. The Morgan fingerprint density at radius 1 is 0.667 bits per heavy atom. The van der Waals surface area contributed by atoms with Gasteiger partial charge in [0.2, 0.25) is 0 Å². The van der Waals surface area contributed by atoms with Crippen molar-refractivity contribution in [3.8, 4) is 0 Å². The van der Waals surface area contributed by atoms with Crippen LogP contribution in [0.15, 0.2) is 42.5 Å². The van der Waals surface area contributed by atoms with Crippen molar-refractivity contribution in [2.24, 2.45) is 0 Å². The molecule has 0 heterocycles. The zero-order valence-corrected chi connectivity index (χ0v) is 15.0. The Bertz CT molecular complexity index is 806. The molecule has 0 radical (unpaired) electrons. The standard InChI is InChI=1S/C19H20F6N2/c1-16(2,11-4-7-13(26)8-5-11)12-6-9-15(27)14(10-12)17(3,18(20,21)22)19(23,24)25/h4-10H,26-27H2,1-3H3. The van der Waals surface area contributed by atoms with E-state index in [-0.39, 0.29) is 12.5 Å². The largest absolute Gasteiger partial charge is 0.406 e. The zero-order chi connectivity index (χ0) is 20.8. The van der Waals surface area contributed by atoms with Crippen molar-refractivity contribution in [3.63, 3.8) is 0 Å². The first-order chi connectivity index (χ1) is 12.1. The van der Waals surface area contributed by atoms with Gasteiger partial charge < -0.3 is 11.5 Å². The Kier molecular flexibility index (Phi) is 4.92. The average molecular weight is 390 g/mol. The second kappa shape index (κ2) is 6.35. The summed E-state index contributed by atoms with van der Waals surface area (Å²) in [4.78, 5) is 0. The van der Waals surface area contributed by atoms with Crippen molar-refractivity contribution in [2.45, 2.75) is 44.0 Å². The number of anilines is 2. The third-order valence-electron chi connectivity index (χ3n) is 5.08. The molecule has 0 bridgehead atoms. The molecule has 0 spiro atoms. The van der Waals surface area contributed by atoms with Crippen molar-refractivity contribution >= 4 is 11.4 Å². The van der Waals surface area contributed by atoms with Gasteiger partial charge in [-0.25, -0.2) is 0 Å². The maximum atomic E-state index is 13.5. The number of hydrogen-bond acceptors (Lipinski definition) is 2. The highest BCUT2D eigenvalue weighted by Crippen LogP contribution is 2.53. The highest BCUT2D eigenvalue weighted by Gasteiger charge is 2.69. The summed E-state index contributed by atoms with van der Waals surface area (Å²) in [7, 11) is 0. The molecule has 0 fully saturated rings. The SMILES string of the molecule is CC(C)(c1ccc(N)cc1)c1ccc(N)c(C(C)(C(F)(F)F)C(F)(F)F)c1. The molecule has 0 aromatic heterocycles. The van der Waals surface area contributed by atoms with Gasteiger partial charge in [-0.1, -0.05) is 38.1 Å². The van der Waals surface area contributed by atoms with Gasteiger partial charge in [-0.3, -0.25) is 0 Å². The summed E-state index contributed by atoms with van der Waals surface area (Å²) in [5.41, 5.74) is 6.12. The first-order valence-electron chi connectivity index (χ1n) is 8.02. The molecule has 2 aromatic carbocycles. The summed E-state index contributed by atoms with van der Waals surface area (Å²) in [5.74, 6) is 0. The second-order valence-corrected chi connectivity index (χ2v) is 7.17. The number of rotatable bonds is 3. The van der Waals surface area contributed by atoms with E-state index in [0.717, 1.165) is 12.1 Å². The summed E-state index contributed by atoms with van der Waals surface area (Å²) in [6.07, 6.45) is -11.1. The minimum Gasteiger partial charge on any atom is -0.399 e. The fraction of sp³-hybridized carbons (Fsp3) is 0.368. The van der Waals surface area contributed by atoms with E-state index in [4.69, 9.17) is 11.5 Å². The Morgan fingerprint density at radius 2 is 1.11 bits per heavy atom. The van der Waals surface area contributed by atoms with Crippen LogP contribution in [0, 0.1) is 0 Å². The molecule has 0 saturated carbocycles. The zero-order valence-electron chi connectivity index (χ0n) is 15.0. The van der Waals surface area contributed by atoms with Crippen molar-refractivity contribution in [2.75, 3.05) is 11.5 Å². The number of benzene rings is 2. The molecule has 0 aliphatic rings. The van der Waals surface area contributed by atoms with Gasteiger partial charge in [0.05, 0.1) is 0 Å². The molecule has 2 aromatic rings. The van der Waals surface area contributed by atoms with E-state index in [2.05, 4.69) is 0 Å². The molecule has 2 nitrogen and oxygen atoms in total. The van der Waals surface area contributed by atoms with Crippen LogP contribution < -0.4 is 11.5 Å². The van der Waals surface area contributed by atoms with Gasteiger partial charge in [-0.05, 0) is 41.8 Å². The minimum absolute atomic E-state index is 0.110. The number of halogens is 6. The molecule has 0 atom stereocenters. The lowest BCUT2D eigenvalue weighted by atomic mass is 9.73. The first kappa shape index (κ1) is 20.9. The van der Waals surface area contributed by atoms with Gasteiger partial charge in [0.25, 0.3) is 0 Å². The van der Waals surface area contributed by atoms with E-state index in [0.29, 0.717) is 11.3 Å². The molecule has 0 aliphatic carbocycles. The maximum absolute atomic E-state index is 13.5. The van der Waals surface area contributed by atoms with E-state index in [1.54, 1.807) is 38.1 Å². The van der Waals surface area contributed by atoms with Gasteiger partial charge >= 0.3 is 12.4 Å². The van der Waals surface area contributed by atoms with Crippen LogP contribution in [0.25, 0.3) is 0 Å². The van der Waals surface area contributed by atoms with Crippen LogP contribution in [0.3, 0.4) is 0 Å². The molecular formula is C19H20F6N2. The third-order valence-corrected chi connectivity index (χ3v) is 5.08. The third kappa shape index (κ3) is 3.44. The molecular weight excluding hydrogens is 370 g/mol.